The molecule has 1 aliphatic carbocycles. The van der Waals surface area contributed by atoms with Crippen molar-refractivity contribution >= 4 is 39.3 Å². The van der Waals surface area contributed by atoms with Crippen molar-refractivity contribution in [3.8, 4) is 11.3 Å². The lowest BCUT2D eigenvalue weighted by atomic mass is 9.99. The van der Waals surface area contributed by atoms with Gasteiger partial charge in [0.2, 0.25) is 11.8 Å². The van der Waals surface area contributed by atoms with E-state index in [0.717, 1.165) is 6.07 Å². The van der Waals surface area contributed by atoms with E-state index < -0.39 is 11.9 Å². The van der Waals surface area contributed by atoms with E-state index in [-0.39, 0.29) is 70.3 Å². The van der Waals surface area contributed by atoms with Crippen LogP contribution in [0.5, 0.6) is 0 Å². The second-order valence-electron chi connectivity index (χ2n) is 12.6. The van der Waals surface area contributed by atoms with Crippen molar-refractivity contribution in [3.05, 3.63) is 46.1 Å². The molecule has 4 atom stereocenters. The Kier molecular flexibility index (Phi) is 6.54. The van der Waals surface area contributed by atoms with Crippen molar-refractivity contribution < 1.29 is 27.6 Å². The maximum absolute atomic E-state index is 14.0. The van der Waals surface area contributed by atoms with Crippen LogP contribution in [0.4, 0.5) is 13.2 Å². The Bertz CT molecular complexity index is 1620. The average molecular weight is 600 g/mol. The number of likely N-dealkylation sites (N-methyl/N-ethyl adjacent to an activating group) is 1. The van der Waals surface area contributed by atoms with E-state index in [1.807, 2.05) is 27.9 Å². The van der Waals surface area contributed by atoms with E-state index in [4.69, 9.17) is 0 Å². The Balaban J connectivity index is 1.42. The highest BCUT2D eigenvalue weighted by Gasteiger charge is 2.72. The summed E-state index contributed by atoms with van der Waals surface area (Å²) in [5.41, 5.74) is -0.285. The second-order valence-corrected chi connectivity index (χ2v) is 13.7. The van der Waals surface area contributed by atoms with Gasteiger partial charge < -0.3 is 9.80 Å². The molecule has 1 saturated carbocycles. The summed E-state index contributed by atoms with van der Waals surface area (Å²) in [7, 11) is 3.89. The number of rotatable bonds is 5. The normalized spacial score (nSPS) is 25.2. The summed E-state index contributed by atoms with van der Waals surface area (Å²) < 4.78 is 42.4. The van der Waals surface area contributed by atoms with Crippen molar-refractivity contribution in [2.45, 2.75) is 46.5 Å². The Morgan fingerprint density at radius 3 is 2.40 bits per heavy atom. The van der Waals surface area contributed by atoms with Gasteiger partial charge in [0, 0.05) is 35.8 Å². The minimum absolute atomic E-state index is 0.0506. The fraction of sp³-hybridized carbons (Fsp3) is 0.500. The molecule has 0 N–H and O–H groups in total. The molecule has 4 unspecified atom stereocenters. The highest BCUT2D eigenvalue weighted by molar-refractivity contribution is 7.19. The number of carbonyl (C=O) groups excluding carboxylic acids is 3. The number of aromatic nitrogens is 2. The smallest absolute Gasteiger partial charge is 0.337 e. The van der Waals surface area contributed by atoms with E-state index in [0.29, 0.717) is 33.7 Å². The van der Waals surface area contributed by atoms with Crippen molar-refractivity contribution in [1.29, 1.82) is 0 Å². The number of hydrogen-bond donors (Lipinski definition) is 0. The fourth-order valence-electron chi connectivity index (χ4n) is 6.80. The number of nitrogens with zero attached hydrogens (tertiary/aromatic N) is 5. The molecule has 6 rings (SSSR count). The van der Waals surface area contributed by atoms with Crippen molar-refractivity contribution in [2.75, 3.05) is 27.2 Å². The third-order valence-electron chi connectivity index (χ3n) is 9.17. The Labute approximate surface area is 245 Å². The molecule has 3 aliphatic rings. The quantitative estimate of drug-likeness (QED) is 0.390. The highest BCUT2D eigenvalue weighted by Crippen LogP contribution is 2.63. The van der Waals surface area contributed by atoms with Crippen molar-refractivity contribution in [2.24, 2.45) is 23.2 Å². The Morgan fingerprint density at radius 1 is 1.14 bits per heavy atom. The number of amides is 3. The number of fused-ring (bicyclic) bond motifs is 2. The first kappa shape index (κ1) is 28.7. The number of hydrogen-bond acceptors (Lipinski definition) is 7. The third kappa shape index (κ3) is 4.41. The van der Waals surface area contributed by atoms with Crippen LogP contribution < -0.4 is 0 Å². The van der Waals surface area contributed by atoms with Crippen LogP contribution in [0.3, 0.4) is 0 Å². The summed E-state index contributed by atoms with van der Waals surface area (Å²) in [5, 5.41) is 0. The molecule has 222 valence electrons. The number of carbonyl (C=O) groups is 3. The lowest BCUT2D eigenvalue weighted by Gasteiger charge is -2.23. The molecule has 0 aromatic carbocycles. The highest BCUT2D eigenvalue weighted by atomic mass is 32.1. The fourth-order valence-corrected chi connectivity index (χ4v) is 7.91. The van der Waals surface area contributed by atoms with Crippen LogP contribution in [0.1, 0.15) is 47.3 Å². The molecular formula is C30H32F3N5O3S. The number of piperidine rings is 1. The summed E-state index contributed by atoms with van der Waals surface area (Å²) in [6, 6.07) is 4.36. The summed E-state index contributed by atoms with van der Waals surface area (Å²) in [4.78, 5) is 53.9. The second kappa shape index (κ2) is 9.57. The molecule has 0 bridgehead atoms. The van der Waals surface area contributed by atoms with Gasteiger partial charge in [-0.05, 0) is 56.1 Å². The summed E-state index contributed by atoms with van der Waals surface area (Å²) in [6.45, 7) is 8.39. The van der Waals surface area contributed by atoms with Gasteiger partial charge in [-0.25, -0.2) is 4.98 Å². The summed E-state index contributed by atoms with van der Waals surface area (Å²) in [5.74, 6) is -1.18. The SMILES string of the molecule is Cc1cc(C(F)(F)F)nc(-c2ccnc3cc(CN4C(=O)C5C(C4=O)C5(C)C)sc23)c1C(=O)N1CC(C)C(N(C)C)C1. The molecule has 3 fully saturated rings. The average Bonchev–Trinajstić information content (AvgIpc) is 3.25. The van der Waals surface area contributed by atoms with E-state index in [2.05, 4.69) is 21.8 Å². The van der Waals surface area contributed by atoms with Gasteiger partial charge in [0.05, 0.1) is 39.9 Å². The molecular weight excluding hydrogens is 567 g/mol. The number of alkyl halides is 3. The largest absolute Gasteiger partial charge is 0.433 e. The Hall–Kier alpha value is -3.38. The van der Waals surface area contributed by atoms with E-state index in [1.165, 1.54) is 29.4 Å². The number of aryl methyl sites for hydroxylation is 1. The minimum Gasteiger partial charge on any atom is -0.337 e. The van der Waals surface area contributed by atoms with Gasteiger partial charge in [-0.15, -0.1) is 11.3 Å². The number of pyridine rings is 2. The third-order valence-corrected chi connectivity index (χ3v) is 10.3. The topological polar surface area (TPSA) is 86.7 Å². The van der Waals surface area contributed by atoms with Crippen molar-refractivity contribution in [1.82, 2.24) is 24.7 Å². The number of halogens is 3. The molecule has 3 amide bonds. The first-order chi connectivity index (χ1) is 19.6. The van der Waals surface area contributed by atoms with Gasteiger partial charge in [-0.3, -0.25) is 24.3 Å². The van der Waals surface area contributed by atoms with Crippen LogP contribution in [0.15, 0.2) is 24.4 Å². The van der Waals surface area contributed by atoms with Gasteiger partial charge >= 0.3 is 6.18 Å². The number of likely N-dealkylation sites (tertiary alicyclic amines) is 2. The minimum atomic E-state index is -4.71. The molecule has 12 heteroatoms. The molecule has 42 heavy (non-hydrogen) atoms. The first-order valence-electron chi connectivity index (χ1n) is 13.9. The molecule has 0 spiro atoms. The molecule has 3 aromatic heterocycles. The van der Waals surface area contributed by atoms with E-state index >= 15 is 0 Å². The zero-order chi connectivity index (χ0) is 30.5. The van der Waals surface area contributed by atoms with Gasteiger partial charge in [-0.1, -0.05) is 20.8 Å². The maximum Gasteiger partial charge on any atom is 0.433 e. The van der Waals surface area contributed by atoms with Crippen LogP contribution in [0.25, 0.3) is 21.5 Å². The molecule has 3 aromatic rings. The van der Waals surface area contributed by atoms with Crippen LogP contribution in [0, 0.1) is 30.1 Å². The van der Waals surface area contributed by atoms with E-state index in [1.54, 1.807) is 17.0 Å². The van der Waals surface area contributed by atoms with Crippen LogP contribution >= 0.6 is 11.3 Å². The molecule has 0 radical (unpaired) electrons. The van der Waals surface area contributed by atoms with Gasteiger partial charge in [0.25, 0.3) is 5.91 Å². The number of imide groups is 1. The first-order valence-corrected chi connectivity index (χ1v) is 14.7. The standard InChI is InChI=1S/C30H32F3N5O3S/c1-14-9-20(30(31,32)33)35-24(21(14)26(39)37-11-15(2)19(13-37)36(5)6)17-7-8-34-18-10-16(42-25(17)18)12-38-27(40)22-23(28(38)41)29(22,3)4/h7-10,15,19,22-23H,11-13H2,1-6H3. The lowest BCUT2D eigenvalue weighted by Crippen LogP contribution is -2.36. The van der Waals surface area contributed by atoms with Gasteiger partial charge in [0.15, 0.2) is 0 Å². The van der Waals surface area contributed by atoms with Crippen LogP contribution in [-0.2, 0) is 22.3 Å². The lowest BCUT2D eigenvalue weighted by molar-refractivity contribution is -0.144. The van der Waals surface area contributed by atoms with Crippen LogP contribution in [-0.4, -0.2) is 75.6 Å². The number of thiophene rings is 1. The molecule has 2 saturated heterocycles. The van der Waals surface area contributed by atoms with Crippen molar-refractivity contribution in [3.63, 3.8) is 0 Å². The monoisotopic (exact) mass is 599 g/mol. The zero-order valence-electron chi connectivity index (χ0n) is 24.2. The maximum atomic E-state index is 14.0. The zero-order valence-corrected chi connectivity index (χ0v) is 25.1. The van der Waals surface area contributed by atoms with Gasteiger partial charge in [0.1, 0.15) is 5.69 Å². The predicted molar refractivity (Wildman–Crippen MR) is 151 cm³/mol. The molecule has 5 heterocycles. The van der Waals surface area contributed by atoms with Gasteiger partial charge in [-0.2, -0.15) is 13.2 Å². The summed E-state index contributed by atoms with van der Waals surface area (Å²) >= 11 is 1.24. The predicted octanol–water partition coefficient (Wildman–Crippen LogP) is 4.85. The summed E-state index contributed by atoms with van der Waals surface area (Å²) in [6.07, 6.45) is -3.24. The molecule has 2 aliphatic heterocycles. The van der Waals surface area contributed by atoms with Crippen LogP contribution in [0.2, 0.25) is 0 Å². The Morgan fingerprint density at radius 2 is 1.81 bits per heavy atom. The molecule has 8 nitrogen and oxygen atoms in total. The van der Waals surface area contributed by atoms with E-state index in [9.17, 15) is 27.6 Å².